The van der Waals surface area contributed by atoms with Crippen LogP contribution in [0.3, 0.4) is 0 Å². The van der Waals surface area contributed by atoms with Gasteiger partial charge in [0.2, 0.25) is 5.95 Å². The largest absolute Gasteiger partial charge is 0.341 e. The number of anilines is 1. The molecule has 0 spiro atoms. The first kappa shape index (κ1) is 11.0. The first-order valence-electron chi connectivity index (χ1n) is 6.68. The third-order valence-corrected chi connectivity index (χ3v) is 3.99. The van der Waals surface area contributed by atoms with Crippen LogP contribution in [0, 0.1) is 0 Å². The van der Waals surface area contributed by atoms with E-state index in [0.29, 0.717) is 12.1 Å². The number of fused-ring (bicyclic) bond motifs is 4. The van der Waals surface area contributed by atoms with Crippen molar-refractivity contribution in [3.8, 4) is 0 Å². The van der Waals surface area contributed by atoms with Crippen LogP contribution in [0.25, 0.3) is 0 Å². The molecule has 92 valence electrons. The Bertz CT molecular complexity index is 414. The molecule has 0 aliphatic carbocycles. The summed E-state index contributed by atoms with van der Waals surface area (Å²) in [5.74, 6) is 0.898. The lowest BCUT2D eigenvalue weighted by Crippen LogP contribution is -2.33. The molecule has 0 saturated carbocycles. The van der Waals surface area contributed by atoms with Gasteiger partial charge in [0.25, 0.3) is 0 Å². The zero-order valence-corrected chi connectivity index (χ0v) is 10.6. The summed E-state index contributed by atoms with van der Waals surface area (Å²) in [6.07, 6.45) is 5.63. The van der Waals surface area contributed by atoms with E-state index in [4.69, 9.17) is 4.98 Å². The van der Waals surface area contributed by atoms with Gasteiger partial charge in [0.15, 0.2) is 0 Å². The molecule has 2 unspecified atom stereocenters. The van der Waals surface area contributed by atoms with Crippen molar-refractivity contribution in [2.24, 2.45) is 0 Å². The van der Waals surface area contributed by atoms with Gasteiger partial charge in [-0.05, 0) is 26.7 Å². The van der Waals surface area contributed by atoms with Crippen molar-refractivity contribution >= 4 is 5.95 Å². The van der Waals surface area contributed by atoms with Gasteiger partial charge in [0, 0.05) is 43.4 Å². The summed E-state index contributed by atoms with van der Waals surface area (Å²) in [6.45, 7) is 6.25. The maximum Gasteiger partial charge on any atom is 0.225 e. The Hall–Kier alpha value is -1.16. The molecule has 0 amide bonds. The average Bonchev–Trinajstić information content (AvgIpc) is 2.73. The molecule has 1 N–H and O–H groups in total. The van der Waals surface area contributed by atoms with Gasteiger partial charge in [-0.3, -0.25) is 0 Å². The van der Waals surface area contributed by atoms with Gasteiger partial charge in [-0.25, -0.2) is 9.97 Å². The Kier molecular flexibility index (Phi) is 2.74. The maximum atomic E-state index is 4.77. The molecule has 2 bridgehead atoms. The number of aromatic nitrogens is 2. The first-order chi connectivity index (χ1) is 8.31. The normalized spacial score (nSPS) is 25.8. The minimum absolute atomic E-state index is 0.509. The first-order valence-corrected chi connectivity index (χ1v) is 6.68. The van der Waals surface area contributed by atoms with Crippen molar-refractivity contribution in [1.82, 2.24) is 15.3 Å². The molecule has 3 heterocycles. The lowest BCUT2D eigenvalue weighted by Gasteiger charge is -2.25. The molecule has 2 aliphatic heterocycles. The lowest BCUT2D eigenvalue weighted by molar-refractivity contribution is 0.503. The number of hydrogen-bond donors (Lipinski definition) is 1. The molecule has 1 fully saturated rings. The smallest absolute Gasteiger partial charge is 0.225 e. The molecular weight excluding hydrogens is 212 g/mol. The Morgan fingerprint density at radius 1 is 1.35 bits per heavy atom. The summed E-state index contributed by atoms with van der Waals surface area (Å²) in [5, 5.41) is 3.63. The fraction of sp³-hybridized carbons (Fsp3) is 0.692. The van der Waals surface area contributed by atoms with E-state index in [1.165, 1.54) is 24.1 Å². The topological polar surface area (TPSA) is 41.1 Å². The molecule has 17 heavy (non-hydrogen) atoms. The van der Waals surface area contributed by atoms with Crippen molar-refractivity contribution in [2.45, 2.75) is 45.2 Å². The average molecular weight is 232 g/mol. The number of rotatable bonds is 3. The Morgan fingerprint density at radius 3 is 2.94 bits per heavy atom. The molecule has 0 aromatic carbocycles. The van der Waals surface area contributed by atoms with Gasteiger partial charge in [-0.1, -0.05) is 0 Å². The highest BCUT2D eigenvalue weighted by molar-refractivity contribution is 5.36. The lowest BCUT2D eigenvalue weighted by atomic mass is 10.0. The van der Waals surface area contributed by atoms with Crippen molar-refractivity contribution in [2.75, 3.05) is 18.0 Å². The highest BCUT2D eigenvalue weighted by atomic mass is 15.2. The van der Waals surface area contributed by atoms with Gasteiger partial charge >= 0.3 is 0 Å². The maximum absolute atomic E-state index is 4.77. The van der Waals surface area contributed by atoms with Gasteiger partial charge in [-0.2, -0.15) is 0 Å². The van der Waals surface area contributed by atoms with Crippen LogP contribution in [0.4, 0.5) is 5.95 Å². The predicted octanol–water partition coefficient (Wildman–Crippen LogP) is 1.67. The summed E-state index contributed by atoms with van der Waals surface area (Å²) >= 11 is 0. The summed E-state index contributed by atoms with van der Waals surface area (Å²) in [7, 11) is 0. The van der Waals surface area contributed by atoms with E-state index in [0.717, 1.165) is 25.5 Å². The Morgan fingerprint density at radius 2 is 2.18 bits per heavy atom. The zero-order valence-electron chi connectivity index (χ0n) is 10.6. The van der Waals surface area contributed by atoms with Crippen molar-refractivity contribution in [1.29, 1.82) is 0 Å². The van der Waals surface area contributed by atoms with Crippen molar-refractivity contribution < 1.29 is 0 Å². The Labute approximate surface area is 102 Å². The third kappa shape index (κ3) is 1.80. The quantitative estimate of drug-likeness (QED) is 0.860. The van der Waals surface area contributed by atoms with Crippen molar-refractivity contribution in [3.63, 3.8) is 0 Å². The molecule has 1 saturated heterocycles. The second-order valence-corrected chi connectivity index (χ2v) is 4.94. The van der Waals surface area contributed by atoms with E-state index in [1.807, 2.05) is 6.20 Å². The molecule has 1 aromatic rings. The van der Waals surface area contributed by atoms with E-state index in [9.17, 15) is 0 Å². The minimum atomic E-state index is 0.509. The molecule has 0 radical (unpaired) electrons. The number of nitrogens with one attached hydrogen (secondary N) is 1. The molecule has 1 aromatic heterocycles. The second kappa shape index (κ2) is 4.26. The fourth-order valence-corrected chi connectivity index (χ4v) is 2.99. The van der Waals surface area contributed by atoms with Crippen LogP contribution >= 0.6 is 0 Å². The molecule has 3 rings (SSSR count). The van der Waals surface area contributed by atoms with E-state index >= 15 is 0 Å². The minimum Gasteiger partial charge on any atom is -0.341 e. The van der Waals surface area contributed by atoms with Gasteiger partial charge < -0.3 is 10.2 Å². The van der Waals surface area contributed by atoms with Crippen LogP contribution in [0.1, 0.15) is 44.0 Å². The highest BCUT2D eigenvalue weighted by Gasteiger charge is 2.33. The van der Waals surface area contributed by atoms with E-state index in [2.05, 4.69) is 29.0 Å². The zero-order chi connectivity index (χ0) is 11.8. The highest BCUT2D eigenvalue weighted by Crippen LogP contribution is 2.34. The van der Waals surface area contributed by atoms with Crippen LogP contribution in [-0.2, 0) is 6.42 Å². The third-order valence-electron chi connectivity index (χ3n) is 3.99. The van der Waals surface area contributed by atoms with Crippen LogP contribution in [0.15, 0.2) is 6.20 Å². The second-order valence-electron chi connectivity index (χ2n) is 4.94. The van der Waals surface area contributed by atoms with E-state index in [1.54, 1.807) is 0 Å². The summed E-state index contributed by atoms with van der Waals surface area (Å²) in [6, 6.07) is 1.15. The number of nitrogens with zero attached hydrogens (tertiary/aromatic N) is 3. The summed E-state index contributed by atoms with van der Waals surface area (Å²) in [4.78, 5) is 11.5. The molecule has 4 nitrogen and oxygen atoms in total. The molecule has 2 aliphatic rings. The molecule has 4 heteroatoms. The fourth-order valence-electron chi connectivity index (χ4n) is 2.99. The monoisotopic (exact) mass is 232 g/mol. The standard InChI is InChI=1S/C13H20N4/c1-3-17(4-2)13-14-8-10-11-6-5-9(15-11)7-12(10)16-13/h8-9,11,15H,3-7H2,1-2H3. The van der Waals surface area contributed by atoms with E-state index in [-0.39, 0.29) is 0 Å². The van der Waals surface area contributed by atoms with Crippen LogP contribution in [0.5, 0.6) is 0 Å². The van der Waals surface area contributed by atoms with Gasteiger partial charge in [-0.15, -0.1) is 0 Å². The van der Waals surface area contributed by atoms with Crippen LogP contribution < -0.4 is 10.2 Å². The number of hydrogen-bond acceptors (Lipinski definition) is 4. The van der Waals surface area contributed by atoms with Gasteiger partial charge in [0.1, 0.15) is 0 Å². The van der Waals surface area contributed by atoms with Crippen molar-refractivity contribution in [3.05, 3.63) is 17.5 Å². The SMILES string of the molecule is CCN(CC)c1ncc2c(n1)CC1CCC2N1. The molecular formula is C13H20N4. The molecule has 2 atom stereocenters. The summed E-state index contributed by atoms with van der Waals surface area (Å²) in [5.41, 5.74) is 2.60. The van der Waals surface area contributed by atoms with E-state index < -0.39 is 0 Å². The Balaban J connectivity index is 1.94. The van der Waals surface area contributed by atoms with Crippen LogP contribution in [0.2, 0.25) is 0 Å². The predicted molar refractivity (Wildman–Crippen MR) is 68.2 cm³/mol. The van der Waals surface area contributed by atoms with Gasteiger partial charge in [0.05, 0.1) is 5.69 Å². The summed E-state index contributed by atoms with van der Waals surface area (Å²) < 4.78 is 0. The van der Waals surface area contributed by atoms with Crippen LogP contribution in [-0.4, -0.2) is 29.1 Å².